The molecule has 1 aliphatic heterocycles. The van der Waals surface area contributed by atoms with E-state index in [1.807, 2.05) is 26.0 Å². The minimum absolute atomic E-state index is 0.00579. The quantitative estimate of drug-likeness (QED) is 0.324. The van der Waals surface area contributed by atoms with Crippen molar-refractivity contribution in [3.8, 4) is 6.07 Å². The molecular formula is C25H29N3O5S. The predicted molar refractivity (Wildman–Crippen MR) is 130 cm³/mol. The Morgan fingerprint density at radius 3 is 2.56 bits per heavy atom. The fourth-order valence-electron chi connectivity index (χ4n) is 4.23. The van der Waals surface area contributed by atoms with E-state index in [0.717, 1.165) is 29.9 Å². The summed E-state index contributed by atoms with van der Waals surface area (Å²) in [4.78, 5) is 27.0. The fourth-order valence-corrected chi connectivity index (χ4v) is 5.93. The number of nitriles is 1. The van der Waals surface area contributed by atoms with Crippen LogP contribution in [0.25, 0.3) is 6.08 Å². The number of esters is 1. The van der Waals surface area contributed by atoms with Gasteiger partial charge in [0, 0.05) is 23.6 Å². The van der Waals surface area contributed by atoms with Crippen LogP contribution in [0.2, 0.25) is 0 Å². The standard InChI is InChI=1S/C25H29N3O5S/c1-4-11-27-18(2)13-20(19(27)3)14-21(15-26)25(30)33-16-24(29)28(22-8-6-5-7-9-22)23-10-12-34(31,32)17-23/h5-9,13-14,23H,4,10-12,16-17H2,1-3H3/b21-14+. The first kappa shape index (κ1) is 25.2. The number of para-hydroxylation sites is 1. The van der Waals surface area contributed by atoms with Gasteiger partial charge in [-0.3, -0.25) is 4.79 Å². The summed E-state index contributed by atoms with van der Waals surface area (Å²) in [5.41, 5.74) is 3.03. The topological polar surface area (TPSA) is 109 Å². The van der Waals surface area contributed by atoms with Gasteiger partial charge in [0.1, 0.15) is 11.6 Å². The van der Waals surface area contributed by atoms with Crippen molar-refractivity contribution in [2.45, 2.75) is 46.2 Å². The molecule has 1 saturated heterocycles. The van der Waals surface area contributed by atoms with Crippen molar-refractivity contribution in [2.75, 3.05) is 23.0 Å². The highest BCUT2D eigenvalue weighted by atomic mass is 32.2. The Labute approximate surface area is 200 Å². The van der Waals surface area contributed by atoms with Gasteiger partial charge in [-0.2, -0.15) is 5.26 Å². The monoisotopic (exact) mass is 483 g/mol. The Morgan fingerprint density at radius 1 is 1.26 bits per heavy atom. The molecule has 1 unspecified atom stereocenters. The zero-order valence-corrected chi connectivity index (χ0v) is 20.5. The van der Waals surface area contributed by atoms with Crippen molar-refractivity contribution in [1.82, 2.24) is 4.57 Å². The van der Waals surface area contributed by atoms with Gasteiger partial charge >= 0.3 is 5.97 Å². The molecule has 1 fully saturated rings. The summed E-state index contributed by atoms with van der Waals surface area (Å²) in [7, 11) is -3.23. The molecule has 0 N–H and O–H groups in total. The normalized spacial score (nSPS) is 17.2. The van der Waals surface area contributed by atoms with E-state index >= 15 is 0 Å². The van der Waals surface area contributed by atoms with Crippen LogP contribution >= 0.6 is 0 Å². The van der Waals surface area contributed by atoms with Crippen molar-refractivity contribution in [3.05, 3.63) is 58.9 Å². The SMILES string of the molecule is CCCn1c(C)cc(/C=C(\C#N)C(=O)OCC(=O)N(c2ccccc2)C2CCS(=O)(=O)C2)c1C. The van der Waals surface area contributed by atoms with E-state index in [1.165, 1.54) is 11.0 Å². The highest BCUT2D eigenvalue weighted by Gasteiger charge is 2.36. The molecular weight excluding hydrogens is 454 g/mol. The van der Waals surface area contributed by atoms with Gasteiger partial charge < -0.3 is 14.2 Å². The average Bonchev–Trinajstić information content (AvgIpc) is 3.29. The number of sulfone groups is 1. The van der Waals surface area contributed by atoms with E-state index < -0.39 is 34.4 Å². The average molecular weight is 484 g/mol. The molecule has 1 amide bonds. The van der Waals surface area contributed by atoms with Gasteiger partial charge in [-0.1, -0.05) is 25.1 Å². The number of hydrogen-bond acceptors (Lipinski definition) is 6. The summed E-state index contributed by atoms with van der Waals surface area (Å²) in [5, 5.41) is 9.52. The number of aryl methyl sites for hydroxylation is 1. The molecule has 0 saturated carbocycles. The third-order valence-corrected chi connectivity index (χ3v) is 7.65. The van der Waals surface area contributed by atoms with E-state index in [0.29, 0.717) is 12.1 Å². The molecule has 0 spiro atoms. The minimum atomic E-state index is -3.23. The molecule has 1 aromatic carbocycles. The molecule has 1 aromatic heterocycles. The van der Waals surface area contributed by atoms with Crippen molar-refractivity contribution >= 4 is 33.5 Å². The van der Waals surface area contributed by atoms with Crippen molar-refractivity contribution in [3.63, 3.8) is 0 Å². The lowest BCUT2D eigenvalue weighted by molar-refractivity contribution is -0.143. The van der Waals surface area contributed by atoms with Crippen LogP contribution in [0.4, 0.5) is 5.69 Å². The molecule has 0 aliphatic carbocycles. The van der Waals surface area contributed by atoms with Gasteiger partial charge in [-0.15, -0.1) is 0 Å². The van der Waals surface area contributed by atoms with E-state index in [4.69, 9.17) is 4.74 Å². The summed E-state index contributed by atoms with van der Waals surface area (Å²) in [6, 6.07) is 11.9. The Bertz CT molecular complexity index is 1240. The van der Waals surface area contributed by atoms with Crippen molar-refractivity contribution < 1.29 is 22.7 Å². The summed E-state index contributed by atoms with van der Waals surface area (Å²) in [6.45, 7) is 6.19. The first-order chi connectivity index (χ1) is 16.2. The van der Waals surface area contributed by atoms with E-state index in [2.05, 4.69) is 11.5 Å². The molecule has 9 heteroatoms. The van der Waals surface area contributed by atoms with Crippen LogP contribution in [-0.2, 0) is 30.7 Å². The summed E-state index contributed by atoms with van der Waals surface area (Å²) in [6.07, 6.45) is 2.74. The highest BCUT2D eigenvalue weighted by molar-refractivity contribution is 7.91. The van der Waals surface area contributed by atoms with Crippen LogP contribution in [0.3, 0.4) is 0 Å². The third kappa shape index (κ3) is 5.75. The third-order valence-electron chi connectivity index (χ3n) is 5.90. The lowest BCUT2D eigenvalue weighted by Gasteiger charge is -2.28. The molecule has 0 bridgehead atoms. The number of rotatable bonds is 8. The number of aromatic nitrogens is 1. The zero-order valence-electron chi connectivity index (χ0n) is 19.7. The van der Waals surface area contributed by atoms with Crippen LogP contribution < -0.4 is 4.90 Å². The molecule has 8 nitrogen and oxygen atoms in total. The van der Waals surface area contributed by atoms with E-state index in [9.17, 15) is 23.3 Å². The zero-order chi connectivity index (χ0) is 24.9. The fraction of sp³-hybridized carbons (Fsp3) is 0.400. The van der Waals surface area contributed by atoms with E-state index in [-0.39, 0.29) is 17.1 Å². The lowest BCUT2D eigenvalue weighted by atomic mass is 10.1. The van der Waals surface area contributed by atoms with Crippen molar-refractivity contribution in [2.24, 2.45) is 0 Å². The van der Waals surface area contributed by atoms with Crippen molar-refractivity contribution in [1.29, 1.82) is 5.26 Å². The van der Waals surface area contributed by atoms with Gasteiger partial charge in [0.25, 0.3) is 5.91 Å². The van der Waals surface area contributed by atoms with Crippen LogP contribution in [0.15, 0.2) is 42.0 Å². The number of amides is 1. The molecule has 180 valence electrons. The second-order valence-corrected chi connectivity index (χ2v) is 10.6. The number of ether oxygens (including phenoxy) is 1. The molecule has 0 radical (unpaired) electrons. The Hall–Kier alpha value is -3.38. The molecule has 3 rings (SSSR count). The molecule has 1 aliphatic rings. The highest BCUT2D eigenvalue weighted by Crippen LogP contribution is 2.25. The van der Waals surface area contributed by atoms with Gasteiger partial charge in [0.15, 0.2) is 16.4 Å². The summed E-state index contributed by atoms with van der Waals surface area (Å²) in [5.74, 6) is -1.58. The molecule has 34 heavy (non-hydrogen) atoms. The largest absolute Gasteiger partial charge is 0.451 e. The second-order valence-electron chi connectivity index (χ2n) is 8.38. The number of nitrogens with zero attached hydrogens (tertiary/aromatic N) is 3. The van der Waals surface area contributed by atoms with E-state index in [1.54, 1.807) is 30.3 Å². The number of benzene rings is 1. The lowest BCUT2D eigenvalue weighted by Crippen LogP contribution is -2.43. The smallest absolute Gasteiger partial charge is 0.349 e. The Kier molecular flexibility index (Phi) is 7.94. The Morgan fingerprint density at radius 2 is 1.97 bits per heavy atom. The summed E-state index contributed by atoms with van der Waals surface area (Å²) < 4.78 is 31.3. The maximum absolute atomic E-state index is 13.0. The van der Waals surface area contributed by atoms with Gasteiger partial charge in [0.2, 0.25) is 0 Å². The maximum atomic E-state index is 13.0. The van der Waals surface area contributed by atoms with Gasteiger partial charge in [-0.05, 0) is 56.5 Å². The first-order valence-electron chi connectivity index (χ1n) is 11.2. The number of carbonyl (C=O) groups excluding carboxylic acids is 2. The maximum Gasteiger partial charge on any atom is 0.349 e. The second kappa shape index (κ2) is 10.7. The molecule has 2 aromatic rings. The summed E-state index contributed by atoms with van der Waals surface area (Å²) >= 11 is 0. The number of carbonyl (C=O) groups is 2. The molecule has 2 heterocycles. The number of hydrogen-bond donors (Lipinski definition) is 0. The Balaban J connectivity index is 1.76. The van der Waals surface area contributed by atoms with Crippen LogP contribution in [0, 0.1) is 25.2 Å². The minimum Gasteiger partial charge on any atom is -0.451 e. The van der Waals surface area contributed by atoms with Gasteiger partial charge in [-0.25, -0.2) is 13.2 Å². The predicted octanol–water partition coefficient (Wildman–Crippen LogP) is 3.19. The van der Waals surface area contributed by atoms with Crippen LogP contribution in [0.5, 0.6) is 0 Å². The first-order valence-corrected chi connectivity index (χ1v) is 13.0. The molecule has 1 atom stereocenters. The van der Waals surface area contributed by atoms with Crippen LogP contribution in [-0.4, -0.2) is 49.0 Å². The number of anilines is 1. The van der Waals surface area contributed by atoms with Gasteiger partial charge in [0.05, 0.1) is 17.5 Å². The van der Waals surface area contributed by atoms with Crippen LogP contribution in [0.1, 0.15) is 36.7 Å².